The maximum absolute atomic E-state index is 4.35. The van der Waals surface area contributed by atoms with Crippen molar-refractivity contribution in [1.29, 1.82) is 0 Å². The minimum atomic E-state index is 0.871. The Balaban J connectivity index is 2.01. The molecule has 1 atom stereocenters. The molecular formula is C14H23N3. The van der Waals surface area contributed by atoms with E-state index in [1.807, 2.05) is 6.20 Å². The largest absolute Gasteiger partial charge is 0.371 e. The first-order chi connectivity index (χ1) is 8.33. The van der Waals surface area contributed by atoms with Crippen LogP contribution in [0.4, 0.5) is 11.5 Å². The lowest BCUT2D eigenvalue weighted by molar-refractivity contribution is 0.569. The van der Waals surface area contributed by atoms with E-state index in [1.54, 1.807) is 0 Å². The first kappa shape index (κ1) is 12.2. The number of aromatic nitrogens is 1. The summed E-state index contributed by atoms with van der Waals surface area (Å²) < 4.78 is 0. The van der Waals surface area contributed by atoms with Gasteiger partial charge in [-0.1, -0.05) is 20.3 Å². The summed E-state index contributed by atoms with van der Waals surface area (Å²) in [6.07, 6.45) is 5.67. The number of nitrogens with zero attached hydrogens (tertiary/aromatic N) is 2. The lowest BCUT2D eigenvalue weighted by atomic mass is 10.1. The van der Waals surface area contributed by atoms with E-state index < -0.39 is 0 Å². The van der Waals surface area contributed by atoms with Crippen molar-refractivity contribution >= 4 is 11.5 Å². The molecule has 0 bridgehead atoms. The second-order valence-corrected chi connectivity index (χ2v) is 4.84. The number of pyridine rings is 1. The number of nitrogens with one attached hydrogen (secondary N) is 1. The molecule has 94 valence electrons. The predicted molar refractivity (Wildman–Crippen MR) is 73.6 cm³/mol. The summed E-state index contributed by atoms with van der Waals surface area (Å²) in [5, 5.41) is 3.35. The molecule has 17 heavy (non-hydrogen) atoms. The Morgan fingerprint density at radius 3 is 3.06 bits per heavy atom. The first-order valence-corrected chi connectivity index (χ1v) is 6.78. The van der Waals surface area contributed by atoms with Crippen LogP contribution in [0.25, 0.3) is 0 Å². The number of anilines is 2. The van der Waals surface area contributed by atoms with Crippen LogP contribution in [0.3, 0.4) is 0 Å². The third kappa shape index (κ3) is 3.11. The minimum absolute atomic E-state index is 0.871. The quantitative estimate of drug-likeness (QED) is 0.847. The molecule has 0 radical (unpaired) electrons. The van der Waals surface area contributed by atoms with E-state index in [1.165, 1.54) is 31.6 Å². The van der Waals surface area contributed by atoms with Crippen LogP contribution >= 0.6 is 0 Å². The van der Waals surface area contributed by atoms with E-state index in [4.69, 9.17) is 0 Å². The van der Waals surface area contributed by atoms with Crippen molar-refractivity contribution < 1.29 is 0 Å². The van der Waals surface area contributed by atoms with E-state index in [-0.39, 0.29) is 0 Å². The van der Waals surface area contributed by atoms with Crippen LogP contribution in [0.2, 0.25) is 0 Å². The van der Waals surface area contributed by atoms with Crippen molar-refractivity contribution in [3.8, 4) is 0 Å². The van der Waals surface area contributed by atoms with Gasteiger partial charge in [0.2, 0.25) is 0 Å². The average molecular weight is 233 g/mol. The van der Waals surface area contributed by atoms with E-state index >= 15 is 0 Å². The van der Waals surface area contributed by atoms with Crippen LogP contribution < -0.4 is 10.2 Å². The summed E-state index contributed by atoms with van der Waals surface area (Å²) in [7, 11) is 0. The van der Waals surface area contributed by atoms with Crippen molar-refractivity contribution in [2.75, 3.05) is 29.9 Å². The van der Waals surface area contributed by atoms with Crippen LogP contribution in [0, 0.1) is 5.92 Å². The number of hydrogen-bond acceptors (Lipinski definition) is 3. The Kier molecular flexibility index (Phi) is 4.24. The lowest BCUT2D eigenvalue weighted by Gasteiger charge is -2.19. The monoisotopic (exact) mass is 233 g/mol. The van der Waals surface area contributed by atoms with Crippen molar-refractivity contribution in [1.82, 2.24) is 4.98 Å². The Bertz CT molecular complexity index is 351. The van der Waals surface area contributed by atoms with Gasteiger partial charge in [-0.15, -0.1) is 0 Å². The van der Waals surface area contributed by atoms with Gasteiger partial charge in [-0.2, -0.15) is 0 Å². The summed E-state index contributed by atoms with van der Waals surface area (Å²) in [6, 6.07) is 4.29. The molecule has 1 unspecified atom stereocenters. The van der Waals surface area contributed by atoms with Gasteiger partial charge in [0.15, 0.2) is 0 Å². The average Bonchev–Trinajstić information content (AvgIpc) is 2.85. The Morgan fingerprint density at radius 2 is 2.35 bits per heavy atom. The highest BCUT2D eigenvalue weighted by atomic mass is 15.2. The zero-order chi connectivity index (χ0) is 12.1. The Labute approximate surface area is 104 Å². The third-order valence-corrected chi connectivity index (χ3v) is 3.53. The molecule has 1 aliphatic heterocycles. The van der Waals surface area contributed by atoms with Crippen molar-refractivity contribution in [2.24, 2.45) is 5.92 Å². The first-order valence-electron chi connectivity index (χ1n) is 6.78. The topological polar surface area (TPSA) is 28.2 Å². The van der Waals surface area contributed by atoms with Crippen molar-refractivity contribution in [3.63, 3.8) is 0 Å². The second kappa shape index (κ2) is 5.89. The van der Waals surface area contributed by atoms with E-state index in [9.17, 15) is 0 Å². The molecule has 1 N–H and O–H groups in total. The van der Waals surface area contributed by atoms with Gasteiger partial charge in [-0.3, -0.25) is 0 Å². The fourth-order valence-corrected chi connectivity index (χ4v) is 2.37. The van der Waals surface area contributed by atoms with E-state index in [0.717, 1.165) is 24.7 Å². The maximum atomic E-state index is 4.35. The molecule has 0 spiro atoms. The van der Waals surface area contributed by atoms with Crippen LogP contribution in [-0.4, -0.2) is 24.6 Å². The maximum Gasteiger partial charge on any atom is 0.127 e. The molecule has 1 saturated heterocycles. The lowest BCUT2D eigenvalue weighted by Crippen LogP contribution is -2.19. The number of hydrogen-bond donors (Lipinski definition) is 1. The van der Waals surface area contributed by atoms with Crippen LogP contribution in [0.1, 0.15) is 33.1 Å². The van der Waals surface area contributed by atoms with Gasteiger partial charge in [0.05, 0.1) is 0 Å². The molecule has 1 aliphatic rings. The van der Waals surface area contributed by atoms with Crippen molar-refractivity contribution in [3.05, 3.63) is 18.3 Å². The van der Waals surface area contributed by atoms with Crippen LogP contribution in [-0.2, 0) is 0 Å². The predicted octanol–water partition coefficient (Wildman–Crippen LogP) is 3.14. The smallest absolute Gasteiger partial charge is 0.127 e. The Hall–Kier alpha value is -1.25. The SMILES string of the molecule is CCCNc1cc(N2CCC(CC)C2)ccn1. The molecule has 0 saturated carbocycles. The molecule has 2 heterocycles. The minimum Gasteiger partial charge on any atom is -0.371 e. The number of rotatable bonds is 5. The van der Waals surface area contributed by atoms with E-state index in [0.29, 0.717) is 0 Å². The molecule has 0 aromatic carbocycles. The summed E-state index contributed by atoms with van der Waals surface area (Å²) in [4.78, 5) is 6.83. The molecule has 1 fully saturated rings. The van der Waals surface area contributed by atoms with Gasteiger partial charge in [-0.05, 0) is 24.8 Å². The van der Waals surface area contributed by atoms with Gasteiger partial charge < -0.3 is 10.2 Å². The fraction of sp³-hybridized carbons (Fsp3) is 0.643. The zero-order valence-corrected chi connectivity index (χ0v) is 10.9. The normalized spacial score (nSPS) is 19.6. The zero-order valence-electron chi connectivity index (χ0n) is 10.9. The van der Waals surface area contributed by atoms with Gasteiger partial charge in [-0.25, -0.2) is 4.98 Å². The standard InChI is InChI=1S/C14H23N3/c1-3-7-15-14-10-13(5-8-16-14)17-9-6-12(4-2)11-17/h5,8,10,12H,3-4,6-7,9,11H2,1-2H3,(H,15,16). The summed E-state index contributed by atoms with van der Waals surface area (Å²) in [6.45, 7) is 7.84. The van der Waals surface area contributed by atoms with Crippen LogP contribution in [0.15, 0.2) is 18.3 Å². The van der Waals surface area contributed by atoms with E-state index in [2.05, 4.69) is 41.2 Å². The highest BCUT2D eigenvalue weighted by Crippen LogP contribution is 2.26. The highest BCUT2D eigenvalue weighted by Gasteiger charge is 2.21. The molecule has 3 heteroatoms. The van der Waals surface area contributed by atoms with Crippen LogP contribution in [0.5, 0.6) is 0 Å². The van der Waals surface area contributed by atoms with Gasteiger partial charge in [0.25, 0.3) is 0 Å². The molecule has 0 amide bonds. The van der Waals surface area contributed by atoms with Gasteiger partial charge >= 0.3 is 0 Å². The van der Waals surface area contributed by atoms with Gasteiger partial charge in [0, 0.05) is 37.6 Å². The molecule has 1 aromatic heterocycles. The molecular weight excluding hydrogens is 210 g/mol. The highest BCUT2D eigenvalue weighted by molar-refractivity contribution is 5.54. The molecule has 2 rings (SSSR count). The second-order valence-electron chi connectivity index (χ2n) is 4.84. The summed E-state index contributed by atoms with van der Waals surface area (Å²) in [5.41, 5.74) is 1.31. The summed E-state index contributed by atoms with van der Waals surface area (Å²) in [5.74, 6) is 1.87. The molecule has 3 nitrogen and oxygen atoms in total. The van der Waals surface area contributed by atoms with Gasteiger partial charge in [0.1, 0.15) is 5.82 Å². The molecule has 1 aromatic rings. The molecule has 0 aliphatic carbocycles. The summed E-state index contributed by atoms with van der Waals surface area (Å²) >= 11 is 0. The third-order valence-electron chi connectivity index (χ3n) is 3.53. The Morgan fingerprint density at radius 1 is 1.47 bits per heavy atom. The van der Waals surface area contributed by atoms with Crippen molar-refractivity contribution in [2.45, 2.75) is 33.1 Å². The fourth-order valence-electron chi connectivity index (χ4n) is 2.37.